The van der Waals surface area contributed by atoms with Gasteiger partial charge in [0.05, 0.1) is 12.1 Å². The molecule has 0 radical (unpaired) electrons. The number of nitrogens with zero attached hydrogens (tertiary/aromatic N) is 1. The van der Waals surface area contributed by atoms with Crippen LogP contribution >= 0.6 is 0 Å². The second-order valence-corrected chi connectivity index (χ2v) is 5.85. The number of hydrogen-bond acceptors (Lipinski definition) is 5. The molecule has 27 heavy (non-hydrogen) atoms. The molecule has 2 heterocycles. The Morgan fingerprint density at radius 1 is 1.04 bits per heavy atom. The Bertz CT molecular complexity index is 1000. The van der Waals surface area contributed by atoms with Crippen LogP contribution in [0.5, 0.6) is 11.5 Å². The number of nitrogens with one attached hydrogen (secondary N) is 1. The Morgan fingerprint density at radius 3 is 2.67 bits per heavy atom. The number of fused-ring (bicyclic) bond motifs is 1. The highest BCUT2D eigenvalue weighted by Crippen LogP contribution is 2.34. The fraction of sp³-hybridized carbons (Fsp3) is 0.158. The minimum Gasteiger partial charge on any atom is -0.486 e. The van der Waals surface area contributed by atoms with E-state index in [0.717, 1.165) is 17.7 Å². The molecule has 1 aliphatic rings. The zero-order chi connectivity index (χ0) is 18.8. The minimum atomic E-state index is -0.926. The minimum absolute atomic E-state index is 0.0314. The first-order chi connectivity index (χ1) is 13.1. The number of rotatable bonds is 4. The average molecular weight is 372 g/mol. The maximum atomic E-state index is 13.6. The van der Waals surface area contributed by atoms with Crippen molar-refractivity contribution >= 4 is 5.91 Å². The van der Waals surface area contributed by atoms with Crippen molar-refractivity contribution in [3.8, 4) is 22.8 Å². The van der Waals surface area contributed by atoms with Crippen molar-refractivity contribution < 1.29 is 27.6 Å². The Balaban J connectivity index is 1.44. The highest BCUT2D eigenvalue weighted by molar-refractivity contribution is 5.94. The summed E-state index contributed by atoms with van der Waals surface area (Å²) >= 11 is 0. The van der Waals surface area contributed by atoms with Gasteiger partial charge in [0, 0.05) is 17.7 Å². The molecule has 1 N–H and O–H groups in total. The van der Waals surface area contributed by atoms with E-state index in [-0.39, 0.29) is 12.1 Å². The third-order valence-electron chi connectivity index (χ3n) is 3.99. The predicted octanol–water partition coefficient (Wildman–Crippen LogP) is 3.32. The Morgan fingerprint density at radius 2 is 1.85 bits per heavy atom. The SMILES string of the molecule is O=C(NCc1cc(-c2ccc3c(c2)OCCO3)on1)c1ccc(F)cc1F. The third-order valence-corrected chi connectivity index (χ3v) is 3.99. The fourth-order valence-electron chi connectivity index (χ4n) is 2.67. The quantitative estimate of drug-likeness (QED) is 0.761. The van der Waals surface area contributed by atoms with E-state index >= 15 is 0 Å². The van der Waals surface area contributed by atoms with Crippen LogP contribution in [-0.2, 0) is 6.54 Å². The molecule has 0 bridgehead atoms. The molecule has 0 aliphatic carbocycles. The first kappa shape index (κ1) is 17.0. The van der Waals surface area contributed by atoms with E-state index in [1.807, 2.05) is 6.07 Å². The first-order valence-electron chi connectivity index (χ1n) is 8.19. The normalized spacial score (nSPS) is 12.7. The van der Waals surface area contributed by atoms with Gasteiger partial charge < -0.3 is 19.3 Å². The van der Waals surface area contributed by atoms with E-state index in [1.165, 1.54) is 0 Å². The van der Waals surface area contributed by atoms with E-state index in [4.69, 9.17) is 14.0 Å². The second kappa shape index (κ2) is 7.06. The topological polar surface area (TPSA) is 73.6 Å². The van der Waals surface area contributed by atoms with Crippen LogP contribution < -0.4 is 14.8 Å². The average Bonchev–Trinajstić information content (AvgIpc) is 3.15. The highest BCUT2D eigenvalue weighted by atomic mass is 19.1. The molecule has 0 spiro atoms. The van der Waals surface area contributed by atoms with Gasteiger partial charge in [0.15, 0.2) is 17.3 Å². The van der Waals surface area contributed by atoms with Gasteiger partial charge in [0.2, 0.25) is 0 Å². The van der Waals surface area contributed by atoms with E-state index in [2.05, 4.69) is 10.5 Å². The van der Waals surface area contributed by atoms with Crippen LogP contribution in [0.2, 0.25) is 0 Å². The van der Waals surface area contributed by atoms with Gasteiger partial charge in [-0.25, -0.2) is 8.78 Å². The van der Waals surface area contributed by atoms with Crippen molar-refractivity contribution in [1.29, 1.82) is 0 Å². The Labute approximate surface area is 152 Å². The van der Waals surface area contributed by atoms with Gasteiger partial charge in [-0.1, -0.05) is 5.16 Å². The van der Waals surface area contributed by atoms with Crippen molar-refractivity contribution in [3.05, 3.63) is 65.4 Å². The number of carbonyl (C=O) groups excluding carboxylic acids is 1. The molecule has 0 atom stereocenters. The van der Waals surface area contributed by atoms with Crippen LogP contribution in [0.4, 0.5) is 8.78 Å². The summed E-state index contributed by atoms with van der Waals surface area (Å²) in [6.07, 6.45) is 0. The number of amides is 1. The van der Waals surface area contributed by atoms with Gasteiger partial charge >= 0.3 is 0 Å². The molecule has 4 rings (SSSR count). The lowest BCUT2D eigenvalue weighted by Crippen LogP contribution is -2.24. The Hall–Kier alpha value is -3.42. The highest BCUT2D eigenvalue weighted by Gasteiger charge is 2.16. The summed E-state index contributed by atoms with van der Waals surface area (Å²) in [7, 11) is 0. The number of aromatic nitrogens is 1. The van der Waals surface area contributed by atoms with Gasteiger partial charge in [0.1, 0.15) is 30.5 Å². The lowest BCUT2D eigenvalue weighted by Gasteiger charge is -2.18. The number of benzene rings is 2. The molecule has 138 valence electrons. The van der Waals surface area contributed by atoms with Crippen molar-refractivity contribution in [3.63, 3.8) is 0 Å². The van der Waals surface area contributed by atoms with E-state index < -0.39 is 17.5 Å². The second-order valence-electron chi connectivity index (χ2n) is 5.85. The Kier molecular flexibility index (Phi) is 4.45. The summed E-state index contributed by atoms with van der Waals surface area (Å²) in [5, 5.41) is 6.41. The van der Waals surface area contributed by atoms with E-state index in [1.54, 1.807) is 18.2 Å². The number of ether oxygens (including phenoxy) is 2. The standard InChI is InChI=1S/C19H14F2N2O4/c20-12-2-3-14(15(21)8-12)19(24)22-10-13-9-17(27-23-13)11-1-4-16-18(7-11)26-6-5-25-16/h1-4,7-9H,5-6,10H2,(H,22,24). The summed E-state index contributed by atoms with van der Waals surface area (Å²) in [6.45, 7) is 1.01. The van der Waals surface area contributed by atoms with Crippen molar-refractivity contribution in [2.75, 3.05) is 13.2 Å². The third kappa shape index (κ3) is 3.59. The van der Waals surface area contributed by atoms with Crippen LogP contribution in [0.25, 0.3) is 11.3 Å². The predicted molar refractivity (Wildman–Crippen MR) is 90.5 cm³/mol. The maximum Gasteiger partial charge on any atom is 0.254 e. The maximum absolute atomic E-state index is 13.6. The summed E-state index contributed by atoms with van der Waals surface area (Å²) < 4.78 is 42.9. The molecule has 2 aromatic carbocycles. The molecule has 0 unspecified atom stereocenters. The molecule has 3 aromatic rings. The molecule has 1 aliphatic heterocycles. The van der Waals surface area contributed by atoms with Gasteiger partial charge in [-0.15, -0.1) is 0 Å². The lowest BCUT2D eigenvalue weighted by molar-refractivity contribution is 0.0946. The molecule has 0 saturated heterocycles. The van der Waals surface area contributed by atoms with Crippen molar-refractivity contribution in [2.24, 2.45) is 0 Å². The van der Waals surface area contributed by atoms with Gasteiger partial charge in [0.25, 0.3) is 5.91 Å². The van der Waals surface area contributed by atoms with Crippen LogP contribution in [-0.4, -0.2) is 24.3 Å². The van der Waals surface area contributed by atoms with Crippen LogP contribution in [0, 0.1) is 11.6 Å². The van der Waals surface area contributed by atoms with Crippen molar-refractivity contribution in [2.45, 2.75) is 6.54 Å². The molecule has 8 heteroatoms. The summed E-state index contributed by atoms with van der Waals surface area (Å²) in [5.41, 5.74) is 0.955. The first-order valence-corrected chi connectivity index (χ1v) is 8.19. The lowest BCUT2D eigenvalue weighted by atomic mass is 10.1. The molecule has 0 saturated carbocycles. The molecule has 1 aromatic heterocycles. The number of carbonyl (C=O) groups is 1. The molecule has 1 amide bonds. The summed E-state index contributed by atoms with van der Waals surface area (Å²) in [5.74, 6) is -0.565. The van der Waals surface area contributed by atoms with Crippen LogP contribution in [0.1, 0.15) is 16.1 Å². The zero-order valence-electron chi connectivity index (χ0n) is 14.0. The summed E-state index contributed by atoms with van der Waals surface area (Å²) in [6, 6.07) is 9.80. The van der Waals surface area contributed by atoms with Crippen molar-refractivity contribution in [1.82, 2.24) is 10.5 Å². The van der Waals surface area contributed by atoms with Gasteiger partial charge in [-0.2, -0.15) is 0 Å². The number of hydrogen-bond donors (Lipinski definition) is 1. The summed E-state index contributed by atoms with van der Waals surface area (Å²) in [4.78, 5) is 12.0. The fourth-order valence-corrected chi connectivity index (χ4v) is 2.67. The molecule has 0 fully saturated rings. The van der Waals surface area contributed by atoms with Crippen LogP contribution in [0.15, 0.2) is 47.0 Å². The van der Waals surface area contributed by atoms with Gasteiger partial charge in [-0.3, -0.25) is 4.79 Å². The molecular weight excluding hydrogens is 358 g/mol. The molecular formula is C19H14F2N2O4. The zero-order valence-corrected chi connectivity index (χ0v) is 14.0. The largest absolute Gasteiger partial charge is 0.486 e. The van der Waals surface area contributed by atoms with E-state index in [0.29, 0.717) is 42.2 Å². The smallest absolute Gasteiger partial charge is 0.254 e. The van der Waals surface area contributed by atoms with E-state index in [9.17, 15) is 13.6 Å². The monoisotopic (exact) mass is 372 g/mol. The number of halogens is 2. The van der Waals surface area contributed by atoms with Crippen LogP contribution in [0.3, 0.4) is 0 Å². The van der Waals surface area contributed by atoms with Gasteiger partial charge in [-0.05, 0) is 30.3 Å². The molecule has 6 nitrogen and oxygen atoms in total.